The molecule has 0 aromatic heterocycles. The van der Waals surface area contributed by atoms with Crippen molar-refractivity contribution in [3.05, 3.63) is 74.8 Å². The molecule has 1 aliphatic heterocycles. The Morgan fingerprint density at radius 2 is 1.77 bits per heavy atom. The Balaban J connectivity index is 2.13. The van der Waals surface area contributed by atoms with Crippen LogP contribution in [-0.4, -0.2) is 53.8 Å². The molecule has 1 amide bonds. The summed E-state index contributed by atoms with van der Waals surface area (Å²) < 4.78 is 0.908. The van der Waals surface area contributed by atoms with Crippen molar-refractivity contribution in [3.63, 3.8) is 0 Å². The molecule has 5 nitrogen and oxygen atoms in total. The van der Waals surface area contributed by atoms with Gasteiger partial charge in [-0.05, 0) is 70.2 Å². The zero-order valence-electron chi connectivity index (χ0n) is 17.8. The number of aliphatic hydroxyl groups is 1. The van der Waals surface area contributed by atoms with Gasteiger partial charge in [-0.2, -0.15) is 0 Å². The Hall–Kier alpha value is -2.44. The highest BCUT2D eigenvalue weighted by atomic mass is 79.9. The van der Waals surface area contributed by atoms with E-state index in [4.69, 9.17) is 0 Å². The lowest BCUT2D eigenvalue weighted by atomic mass is 9.93. The first-order chi connectivity index (χ1) is 14.2. The first-order valence-electron chi connectivity index (χ1n) is 9.97. The third kappa shape index (κ3) is 4.50. The van der Waals surface area contributed by atoms with Gasteiger partial charge in [-0.1, -0.05) is 45.8 Å². The van der Waals surface area contributed by atoms with E-state index in [9.17, 15) is 14.7 Å². The number of aryl methyl sites for hydroxylation is 2. The van der Waals surface area contributed by atoms with Gasteiger partial charge in [0, 0.05) is 16.6 Å². The highest BCUT2D eigenvalue weighted by molar-refractivity contribution is 9.10. The summed E-state index contributed by atoms with van der Waals surface area (Å²) in [5.74, 6) is -1.31. The van der Waals surface area contributed by atoms with Crippen LogP contribution in [0.4, 0.5) is 0 Å². The molecule has 1 heterocycles. The van der Waals surface area contributed by atoms with Crippen LogP contribution in [0.5, 0.6) is 0 Å². The second-order valence-corrected chi connectivity index (χ2v) is 8.93. The van der Waals surface area contributed by atoms with Crippen molar-refractivity contribution in [2.75, 3.05) is 27.2 Å². The van der Waals surface area contributed by atoms with Crippen LogP contribution in [0.15, 0.2) is 52.5 Å². The van der Waals surface area contributed by atoms with Crippen molar-refractivity contribution in [2.45, 2.75) is 26.3 Å². The number of ketones is 1. The standard InChI is InChI=1S/C24H27BrN2O3/c1-15-6-7-16(2)19(14-15)22(28)20-21(17-8-10-18(25)11-9-17)27(24(30)23(20)29)13-5-12-26(3)4/h6-11,14,21,28H,5,12-13H2,1-4H3/b22-20+. The van der Waals surface area contributed by atoms with Gasteiger partial charge < -0.3 is 14.9 Å². The summed E-state index contributed by atoms with van der Waals surface area (Å²) in [6, 6.07) is 12.6. The third-order valence-corrected chi connectivity index (χ3v) is 5.91. The van der Waals surface area contributed by atoms with Gasteiger partial charge >= 0.3 is 0 Å². The minimum atomic E-state index is -0.633. The fraction of sp³-hybridized carbons (Fsp3) is 0.333. The lowest BCUT2D eigenvalue weighted by Gasteiger charge is -2.26. The van der Waals surface area contributed by atoms with Crippen molar-refractivity contribution < 1.29 is 14.7 Å². The molecule has 30 heavy (non-hydrogen) atoms. The number of aliphatic hydroxyl groups excluding tert-OH is 1. The number of Topliss-reactive ketones (excluding diaryl/α,β-unsaturated/α-hetero) is 1. The first-order valence-corrected chi connectivity index (χ1v) is 10.8. The largest absolute Gasteiger partial charge is 0.507 e. The maximum atomic E-state index is 13.0. The van der Waals surface area contributed by atoms with Crippen LogP contribution < -0.4 is 0 Å². The summed E-state index contributed by atoms with van der Waals surface area (Å²) in [7, 11) is 3.95. The van der Waals surface area contributed by atoms with Gasteiger partial charge in [0.2, 0.25) is 0 Å². The number of likely N-dealkylation sites (tertiary alicyclic amines) is 1. The smallest absolute Gasteiger partial charge is 0.295 e. The molecule has 0 bridgehead atoms. The summed E-state index contributed by atoms with van der Waals surface area (Å²) in [4.78, 5) is 29.6. The molecule has 3 rings (SSSR count). The molecular weight excluding hydrogens is 444 g/mol. The molecule has 2 aromatic rings. The molecule has 1 aliphatic rings. The van der Waals surface area contributed by atoms with Crippen LogP contribution in [0.1, 0.15) is 34.7 Å². The van der Waals surface area contributed by atoms with Crippen LogP contribution in [0.2, 0.25) is 0 Å². The highest BCUT2D eigenvalue weighted by Crippen LogP contribution is 2.40. The number of benzene rings is 2. The lowest BCUT2D eigenvalue weighted by molar-refractivity contribution is -0.139. The molecule has 0 radical (unpaired) electrons. The molecule has 6 heteroatoms. The number of hydrogen-bond acceptors (Lipinski definition) is 4. The van der Waals surface area contributed by atoms with Gasteiger partial charge in [-0.15, -0.1) is 0 Å². The van der Waals surface area contributed by atoms with Gasteiger partial charge in [-0.3, -0.25) is 9.59 Å². The topological polar surface area (TPSA) is 60.9 Å². The molecule has 158 valence electrons. The van der Waals surface area contributed by atoms with Gasteiger partial charge in [0.15, 0.2) is 0 Å². The number of carbonyl (C=O) groups excluding carboxylic acids is 2. The van der Waals surface area contributed by atoms with E-state index in [1.165, 1.54) is 0 Å². The zero-order valence-corrected chi connectivity index (χ0v) is 19.4. The molecule has 1 atom stereocenters. The number of rotatable bonds is 6. The summed E-state index contributed by atoms with van der Waals surface area (Å²) in [6.07, 6.45) is 0.733. The van der Waals surface area contributed by atoms with E-state index < -0.39 is 17.7 Å². The quantitative estimate of drug-likeness (QED) is 0.385. The molecule has 2 aromatic carbocycles. The molecule has 1 N–H and O–H groups in total. The maximum Gasteiger partial charge on any atom is 0.295 e. The maximum absolute atomic E-state index is 13.0. The number of halogens is 1. The molecular formula is C24H27BrN2O3. The third-order valence-electron chi connectivity index (χ3n) is 5.38. The summed E-state index contributed by atoms with van der Waals surface area (Å²) in [6.45, 7) is 5.05. The molecule has 1 fully saturated rings. The van der Waals surface area contributed by atoms with E-state index in [1.54, 1.807) is 4.90 Å². The van der Waals surface area contributed by atoms with E-state index in [2.05, 4.69) is 15.9 Å². The van der Waals surface area contributed by atoms with E-state index in [0.29, 0.717) is 12.1 Å². The Kier molecular flexibility index (Phi) is 6.78. The van der Waals surface area contributed by atoms with Gasteiger partial charge in [0.05, 0.1) is 11.6 Å². The van der Waals surface area contributed by atoms with E-state index >= 15 is 0 Å². The van der Waals surface area contributed by atoms with Crippen LogP contribution in [0.3, 0.4) is 0 Å². The predicted octanol–water partition coefficient (Wildman–Crippen LogP) is 4.44. The molecule has 0 spiro atoms. The van der Waals surface area contributed by atoms with Crippen LogP contribution in [0.25, 0.3) is 5.76 Å². The van der Waals surface area contributed by atoms with E-state index in [0.717, 1.165) is 34.1 Å². The normalized spacial score (nSPS) is 18.5. The highest BCUT2D eigenvalue weighted by Gasteiger charge is 2.45. The van der Waals surface area contributed by atoms with Crippen LogP contribution in [0, 0.1) is 13.8 Å². The van der Waals surface area contributed by atoms with Crippen LogP contribution in [-0.2, 0) is 9.59 Å². The second-order valence-electron chi connectivity index (χ2n) is 8.02. The molecule has 0 saturated carbocycles. The number of hydrogen-bond donors (Lipinski definition) is 1. The molecule has 1 saturated heterocycles. The fourth-order valence-corrected chi connectivity index (χ4v) is 4.06. The fourth-order valence-electron chi connectivity index (χ4n) is 3.80. The second kappa shape index (κ2) is 9.14. The van der Waals surface area contributed by atoms with Gasteiger partial charge in [-0.25, -0.2) is 0 Å². The van der Waals surface area contributed by atoms with Gasteiger partial charge in [0.1, 0.15) is 5.76 Å². The van der Waals surface area contributed by atoms with E-state index in [1.807, 2.05) is 75.3 Å². The lowest BCUT2D eigenvalue weighted by Crippen LogP contribution is -2.32. The van der Waals surface area contributed by atoms with Crippen molar-refractivity contribution in [1.29, 1.82) is 0 Å². The van der Waals surface area contributed by atoms with Crippen molar-refractivity contribution in [2.24, 2.45) is 0 Å². The van der Waals surface area contributed by atoms with E-state index in [-0.39, 0.29) is 11.3 Å². The number of carbonyl (C=O) groups is 2. The monoisotopic (exact) mass is 470 g/mol. The number of nitrogens with zero attached hydrogens (tertiary/aromatic N) is 2. The predicted molar refractivity (Wildman–Crippen MR) is 122 cm³/mol. The minimum absolute atomic E-state index is 0.113. The van der Waals surface area contributed by atoms with Crippen molar-refractivity contribution in [3.8, 4) is 0 Å². The summed E-state index contributed by atoms with van der Waals surface area (Å²) in [5.41, 5.74) is 3.37. The Morgan fingerprint density at radius 3 is 2.40 bits per heavy atom. The van der Waals surface area contributed by atoms with Crippen molar-refractivity contribution in [1.82, 2.24) is 9.80 Å². The Morgan fingerprint density at radius 1 is 1.10 bits per heavy atom. The van der Waals surface area contributed by atoms with Gasteiger partial charge in [0.25, 0.3) is 11.7 Å². The SMILES string of the molecule is Cc1ccc(C)c(/C(O)=C2\C(=O)C(=O)N(CCCN(C)C)C2c2ccc(Br)cc2)c1. The average Bonchev–Trinajstić information content (AvgIpc) is 2.94. The zero-order chi connectivity index (χ0) is 22.0. The Bertz CT molecular complexity index is 996. The summed E-state index contributed by atoms with van der Waals surface area (Å²) >= 11 is 3.43. The molecule has 0 aliphatic carbocycles. The number of amides is 1. The molecule has 1 unspecified atom stereocenters. The first kappa shape index (κ1) is 22.2. The summed E-state index contributed by atoms with van der Waals surface area (Å²) in [5, 5.41) is 11.2. The minimum Gasteiger partial charge on any atom is -0.507 e. The van der Waals surface area contributed by atoms with Crippen molar-refractivity contribution >= 4 is 33.4 Å². The average molecular weight is 471 g/mol. The Labute approximate surface area is 186 Å². The van der Waals surface area contributed by atoms with Crippen LogP contribution >= 0.6 is 15.9 Å².